The summed E-state index contributed by atoms with van der Waals surface area (Å²) in [6.45, 7) is 3.18. The van der Waals surface area contributed by atoms with Gasteiger partial charge in [-0.25, -0.2) is 9.98 Å². The summed E-state index contributed by atoms with van der Waals surface area (Å²) >= 11 is 0. The molecule has 2 aromatic carbocycles. The van der Waals surface area contributed by atoms with E-state index < -0.39 is 0 Å². The third-order valence-corrected chi connectivity index (χ3v) is 6.37. The largest absolute Gasteiger partial charge is 0.486 e. The van der Waals surface area contributed by atoms with Gasteiger partial charge in [0.25, 0.3) is 0 Å². The molecule has 0 bridgehead atoms. The molecule has 3 aliphatic rings. The second-order valence-corrected chi connectivity index (χ2v) is 8.60. The number of imidazole rings is 1. The van der Waals surface area contributed by atoms with Crippen molar-refractivity contribution in [2.75, 3.05) is 31.5 Å². The minimum absolute atomic E-state index is 0.168. The highest BCUT2D eigenvalue weighted by Gasteiger charge is 2.36. The summed E-state index contributed by atoms with van der Waals surface area (Å²) in [4.78, 5) is 18.6. The number of pyridine rings is 1. The van der Waals surface area contributed by atoms with Crippen LogP contribution >= 0.6 is 0 Å². The van der Waals surface area contributed by atoms with Crippen molar-refractivity contribution in [1.29, 1.82) is 0 Å². The average Bonchev–Trinajstić information content (AvgIpc) is 3.29. The van der Waals surface area contributed by atoms with Crippen molar-refractivity contribution in [3.63, 3.8) is 0 Å². The average molecular weight is 454 g/mol. The maximum atomic E-state index is 5.86. The number of anilines is 1. The predicted octanol–water partition coefficient (Wildman–Crippen LogP) is 2.95. The first-order valence-corrected chi connectivity index (χ1v) is 11.4. The van der Waals surface area contributed by atoms with Gasteiger partial charge in [-0.1, -0.05) is 24.3 Å². The quantitative estimate of drug-likeness (QED) is 0.511. The van der Waals surface area contributed by atoms with Crippen molar-refractivity contribution >= 4 is 22.9 Å². The lowest BCUT2D eigenvalue weighted by atomic mass is 10.1. The topological polar surface area (TPSA) is 80.0 Å². The van der Waals surface area contributed by atoms with Gasteiger partial charge in [-0.3, -0.25) is 19.4 Å². The second-order valence-electron chi connectivity index (χ2n) is 8.60. The molecule has 34 heavy (non-hydrogen) atoms. The fourth-order valence-electron chi connectivity index (χ4n) is 4.82. The van der Waals surface area contributed by atoms with E-state index in [-0.39, 0.29) is 6.17 Å². The van der Waals surface area contributed by atoms with Gasteiger partial charge in [0, 0.05) is 18.9 Å². The monoisotopic (exact) mass is 453 g/mol. The number of hydrogen-bond acceptors (Lipinski definition) is 8. The van der Waals surface area contributed by atoms with Gasteiger partial charge in [0.05, 0.1) is 24.4 Å². The van der Waals surface area contributed by atoms with Crippen molar-refractivity contribution in [3.8, 4) is 11.5 Å². The fraction of sp³-hybridized carbons (Fsp3) is 0.240. The van der Waals surface area contributed by atoms with Crippen LogP contribution in [0.1, 0.15) is 17.3 Å². The van der Waals surface area contributed by atoms with Crippen LogP contribution in [0.5, 0.6) is 11.5 Å². The van der Waals surface area contributed by atoms with Crippen LogP contribution in [-0.2, 0) is 6.54 Å². The summed E-state index contributed by atoms with van der Waals surface area (Å²) in [7, 11) is 0. The first-order valence-electron chi connectivity index (χ1n) is 11.4. The van der Waals surface area contributed by atoms with E-state index in [4.69, 9.17) is 19.5 Å². The van der Waals surface area contributed by atoms with Crippen molar-refractivity contribution in [3.05, 3.63) is 78.1 Å². The lowest BCUT2D eigenvalue weighted by Crippen LogP contribution is -2.57. The SMILES string of the molecule is c1cncc(CN2CN=C3NC(c4ccc5c(c4)OCCO5)n4c(nc5ccccc54)N3C2)c1. The van der Waals surface area contributed by atoms with Crippen LogP contribution in [-0.4, -0.2) is 51.9 Å². The van der Waals surface area contributed by atoms with E-state index in [0.717, 1.165) is 52.1 Å². The smallest absolute Gasteiger partial charge is 0.216 e. The number of rotatable bonds is 3. The Kier molecular flexibility index (Phi) is 4.41. The van der Waals surface area contributed by atoms with E-state index in [0.29, 0.717) is 26.6 Å². The zero-order chi connectivity index (χ0) is 22.5. The molecule has 170 valence electrons. The minimum atomic E-state index is -0.168. The molecule has 0 aliphatic carbocycles. The Balaban J connectivity index is 1.30. The van der Waals surface area contributed by atoms with Crippen LogP contribution in [0.4, 0.5) is 5.95 Å². The van der Waals surface area contributed by atoms with E-state index in [9.17, 15) is 0 Å². The molecule has 0 amide bonds. The lowest BCUT2D eigenvalue weighted by molar-refractivity contribution is 0.171. The van der Waals surface area contributed by atoms with E-state index in [1.165, 1.54) is 0 Å². The molecule has 0 saturated heterocycles. The summed E-state index contributed by atoms with van der Waals surface area (Å²) in [5.74, 6) is 3.25. The Bertz CT molecular complexity index is 1400. The Morgan fingerprint density at radius 1 is 1.00 bits per heavy atom. The summed E-state index contributed by atoms with van der Waals surface area (Å²) < 4.78 is 13.8. The zero-order valence-corrected chi connectivity index (χ0v) is 18.5. The van der Waals surface area contributed by atoms with Crippen molar-refractivity contribution < 1.29 is 9.47 Å². The highest BCUT2D eigenvalue weighted by atomic mass is 16.6. The molecule has 5 heterocycles. The van der Waals surface area contributed by atoms with E-state index in [2.05, 4.69) is 55.0 Å². The maximum absolute atomic E-state index is 5.86. The molecule has 3 aliphatic heterocycles. The number of ether oxygens (including phenoxy) is 2. The molecule has 4 aromatic rings. The van der Waals surface area contributed by atoms with Gasteiger partial charge in [-0.05, 0) is 41.5 Å². The van der Waals surface area contributed by atoms with Crippen LogP contribution in [0.2, 0.25) is 0 Å². The van der Waals surface area contributed by atoms with Gasteiger partial charge in [0.2, 0.25) is 11.9 Å². The van der Waals surface area contributed by atoms with Crippen LogP contribution < -0.4 is 19.7 Å². The molecule has 1 N–H and O–H groups in total. The molecule has 0 spiro atoms. The Hall–Kier alpha value is -4.11. The van der Waals surface area contributed by atoms with E-state index in [1.54, 1.807) is 6.20 Å². The van der Waals surface area contributed by atoms with Gasteiger partial charge in [-0.15, -0.1) is 0 Å². The Morgan fingerprint density at radius 3 is 2.82 bits per heavy atom. The molecule has 2 aromatic heterocycles. The number of hydrogen-bond donors (Lipinski definition) is 1. The van der Waals surface area contributed by atoms with Crippen molar-refractivity contribution in [2.24, 2.45) is 4.99 Å². The minimum Gasteiger partial charge on any atom is -0.486 e. The molecule has 9 nitrogen and oxygen atoms in total. The number of fused-ring (bicyclic) bond motifs is 6. The molecule has 0 saturated carbocycles. The normalized spacial score (nSPS) is 19.2. The number of aliphatic imine (C=N–C) groups is 1. The van der Waals surface area contributed by atoms with Crippen LogP contribution in [0.3, 0.4) is 0 Å². The standard InChI is InChI=1S/C25H23N7O2/c1-2-6-20-19(5-1)28-25-31-16-30(14-17-4-3-9-26-13-17)15-27-24(31)29-23(32(20)25)18-7-8-21-22(12-18)34-11-10-33-21/h1-9,12-13,23H,10-11,14-16H2,(H,27,29). The van der Waals surface area contributed by atoms with Crippen LogP contribution in [0, 0.1) is 0 Å². The molecule has 1 atom stereocenters. The Labute approximate surface area is 196 Å². The van der Waals surface area contributed by atoms with Gasteiger partial charge >= 0.3 is 0 Å². The number of para-hydroxylation sites is 2. The molecule has 0 radical (unpaired) electrons. The second kappa shape index (κ2) is 7.74. The summed E-state index contributed by atoms with van der Waals surface area (Å²) in [6.07, 6.45) is 3.53. The highest BCUT2D eigenvalue weighted by Crippen LogP contribution is 2.38. The van der Waals surface area contributed by atoms with Gasteiger partial charge in [-0.2, -0.15) is 0 Å². The van der Waals surface area contributed by atoms with Gasteiger partial charge in [0.15, 0.2) is 11.5 Å². The molecular weight excluding hydrogens is 430 g/mol. The van der Waals surface area contributed by atoms with E-state index in [1.807, 2.05) is 30.5 Å². The first-order chi connectivity index (χ1) is 16.8. The third kappa shape index (κ3) is 3.16. The molecule has 1 unspecified atom stereocenters. The van der Waals surface area contributed by atoms with Crippen LogP contribution in [0.25, 0.3) is 11.0 Å². The van der Waals surface area contributed by atoms with E-state index >= 15 is 0 Å². The number of nitrogens with one attached hydrogen (secondary N) is 1. The van der Waals surface area contributed by atoms with Gasteiger partial charge in [0.1, 0.15) is 19.4 Å². The first kappa shape index (κ1) is 19.4. The number of aromatic nitrogens is 3. The number of benzene rings is 2. The van der Waals surface area contributed by atoms with Crippen LogP contribution in [0.15, 0.2) is 72.0 Å². The fourth-order valence-corrected chi connectivity index (χ4v) is 4.82. The molecule has 9 heteroatoms. The summed E-state index contributed by atoms with van der Waals surface area (Å²) in [5, 5.41) is 3.66. The van der Waals surface area contributed by atoms with Crippen molar-refractivity contribution in [2.45, 2.75) is 12.7 Å². The molecule has 7 rings (SSSR count). The lowest BCUT2D eigenvalue weighted by Gasteiger charge is -2.41. The number of guanidine groups is 1. The zero-order valence-electron chi connectivity index (χ0n) is 18.5. The summed E-state index contributed by atoms with van der Waals surface area (Å²) in [5.41, 5.74) is 4.24. The number of nitrogens with zero attached hydrogens (tertiary/aromatic N) is 6. The predicted molar refractivity (Wildman–Crippen MR) is 128 cm³/mol. The molecule has 0 fully saturated rings. The van der Waals surface area contributed by atoms with Gasteiger partial charge < -0.3 is 14.8 Å². The Morgan fingerprint density at radius 2 is 1.91 bits per heavy atom. The maximum Gasteiger partial charge on any atom is 0.216 e. The van der Waals surface area contributed by atoms with Crippen molar-refractivity contribution in [1.82, 2.24) is 24.8 Å². The molecular formula is C25H23N7O2. The summed E-state index contributed by atoms with van der Waals surface area (Å²) in [6, 6.07) is 18.4. The third-order valence-electron chi connectivity index (χ3n) is 6.37. The highest BCUT2D eigenvalue weighted by molar-refractivity contribution is 5.98.